The van der Waals surface area contributed by atoms with Crippen molar-refractivity contribution in [2.45, 2.75) is 51.1 Å². The summed E-state index contributed by atoms with van der Waals surface area (Å²) < 4.78 is 26.4. The van der Waals surface area contributed by atoms with E-state index in [1.807, 2.05) is 44.2 Å². The Labute approximate surface area is 168 Å². The third-order valence-corrected chi connectivity index (χ3v) is 6.78. The van der Waals surface area contributed by atoms with Gasteiger partial charge in [-0.15, -0.1) is 0 Å². The highest BCUT2D eigenvalue weighted by atomic mass is 32.2. The van der Waals surface area contributed by atoms with Gasteiger partial charge in [-0.1, -0.05) is 44.2 Å². The topological polar surface area (TPSA) is 66.5 Å². The van der Waals surface area contributed by atoms with Crippen molar-refractivity contribution in [1.29, 1.82) is 0 Å². The van der Waals surface area contributed by atoms with Gasteiger partial charge in [-0.2, -0.15) is 4.31 Å². The number of carbonyl (C=O) groups excluding carboxylic acids is 1. The van der Waals surface area contributed by atoms with Crippen LogP contribution < -0.4 is 5.32 Å². The molecule has 6 heteroatoms. The molecule has 0 radical (unpaired) electrons. The minimum Gasteiger partial charge on any atom is -0.345 e. The summed E-state index contributed by atoms with van der Waals surface area (Å²) in [5, 5.41) is 3.08. The smallest absolute Gasteiger partial charge is 0.251 e. The number of hydrogen-bond acceptors (Lipinski definition) is 3. The molecule has 0 fully saturated rings. The van der Waals surface area contributed by atoms with E-state index < -0.39 is 10.0 Å². The first-order chi connectivity index (χ1) is 13.1. The first-order valence-corrected chi connectivity index (χ1v) is 11.0. The van der Waals surface area contributed by atoms with Gasteiger partial charge in [0.05, 0.1) is 10.9 Å². The van der Waals surface area contributed by atoms with Gasteiger partial charge >= 0.3 is 0 Å². The molecule has 2 aromatic rings. The summed E-state index contributed by atoms with van der Waals surface area (Å²) >= 11 is 0. The second-order valence-electron chi connectivity index (χ2n) is 7.71. The van der Waals surface area contributed by atoms with Crippen LogP contribution in [0.2, 0.25) is 0 Å². The zero-order valence-corrected chi connectivity index (χ0v) is 18.0. The Morgan fingerprint density at radius 3 is 2.04 bits per heavy atom. The molecule has 2 rings (SSSR count). The highest BCUT2D eigenvalue weighted by Crippen LogP contribution is 2.22. The number of nitrogens with one attached hydrogen (secondary N) is 1. The lowest BCUT2D eigenvalue weighted by Crippen LogP contribution is -2.33. The Hall–Kier alpha value is -2.18. The van der Waals surface area contributed by atoms with E-state index in [0.717, 1.165) is 12.0 Å². The number of rotatable bonds is 8. The summed E-state index contributed by atoms with van der Waals surface area (Å²) in [5.41, 5.74) is 1.50. The molecule has 1 atom stereocenters. The quantitative estimate of drug-likeness (QED) is 0.718. The fourth-order valence-corrected chi connectivity index (χ4v) is 4.27. The summed E-state index contributed by atoms with van der Waals surface area (Å²) in [5.74, 6) is 0.209. The van der Waals surface area contributed by atoms with E-state index in [4.69, 9.17) is 0 Å². The molecule has 0 heterocycles. The van der Waals surface area contributed by atoms with E-state index in [1.165, 1.54) is 16.4 Å². The summed E-state index contributed by atoms with van der Waals surface area (Å²) in [4.78, 5) is 12.9. The summed E-state index contributed by atoms with van der Waals surface area (Å²) in [6, 6.07) is 15.7. The monoisotopic (exact) mass is 402 g/mol. The first-order valence-electron chi connectivity index (χ1n) is 9.56. The minimum absolute atomic E-state index is 0.0933. The molecule has 0 aromatic heterocycles. The highest BCUT2D eigenvalue weighted by molar-refractivity contribution is 7.89. The second-order valence-corrected chi connectivity index (χ2v) is 9.70. The Balaban J connectivity index is 2.19. The van der Waals surface area contributed by atoms with Crippen LogP contribution in [0.1, 0.15) is 56.1 Å². The number of sulfonamides is 1. The maximum absolute atomic E-state index is 12.7. The Morgan fingerprint density at radius 2 is 1.54 bits per heavy atom. The van der Waals surface area contributed by atoms with Gasteiger partial charge in [0.25, 0.3) is 5.91 Å². The number of carbonyl (C=O) groups is 1. The molecule has 0 aliphatic heterocycles. The molecule has 2 aromatic carbocycles. The summed E-state index contributed by atoms with van der Waals surface area (Å²) in [7, 11) is -2.01. The van der Waals surface area contributed by atoms with Crippen LogP contribution in [0.5, 0.6) is 0 Å². The predicted octanol–water partition coefficient (Wildman–Crippen LogP) is 4.23. The van der Waals surface area contributed by atoms with Crippen molar-refractivity contribution in [3.8, 4) is 0 Å². The lowest BCUT2D eigenvalue weighted by molar-refractivity contribution is 0.0932. The van der Waals surface area contributed by atoms with Crippen molar-refractivity contribution in [2.24, 2.45) is 5.92 Å². The van der Waals surface area contributed by atoms with Crippen LogP contribution in [-0.4, -0.2) is 31.7 Å². The van der Waals surface area contributed by atoms with Crippen molar-refractivity contribution in [3.05, 3.63) is 65.7 Å². The Kier molecular flexibility index (Phi) is 7.38. The molecule has 0 saturated heterocycles. The molecule has 1 unspecified atom stereocenters. The van der Waals surface area contributed by atoms with Gasteiger partial charge in [0.1, 0.15) is 0 Å². The predicted molar refractivity (Wildman–Crippen MR) is 113 cm³/mol. The molecule has 0 aliphatic carbocycles. The van der Waals surface area contributed by atoms with Crippen LogP contribution in [0.4, 0.5) is 0 Å². The van der Waals surface area contributed by atoms with Crippen molar-refractivity contribution < 1.29 is 13.2 Å². The third kappa shape index (κ3) is 5.42. The van der Waals surface area contributed by atoms with Crippen LogP contribution >= 0.6 is 0 Å². The summed E-state index contributed by atoms with van der Waals surface area (Å²) in [6.07, 6.45) is 0.821. The van der Waals surface area contributed by atoms with Crippen molar-refractivity contribution in [1.82, 2.24) is 9.62 Å². The molecular formula is C22H30N2O3S. The molecule has 28 heavy (non-hydrogen) atoms. The SMILES string of the molecule is CC(C)CC(NC(=O)c1ccc(S(=O)(=O)N(C)C(C)C)cc1)c1ccccc1. The third-order valence-electron chi connectivity index (χ3n) is 4.74. The largest absolute Gasteiger partial charge is 0.345 e. The molecule has 1 N–H and O–H groups in total. The molecule has 0 bridgehead atoms. The fraction of sp³-hybridized carbons (Fsp3) is 0.409. The maximum Gasteiger partial charge on any atom is 0.251 e. The number of hydrogen-bond donors (Lipinski definition) is 1. The van der Waals surface area contributed by atoms with Crippen LogP contribution in [0.3, 0.4) is 0 Å². The van der Waals surface area contributed by atoms with E-state index in [9.17, 15) is 13.2 Å². The molecule has 0 spiro atoms. The van der Waals surface area contributed by atoms with Crippen LogP contribution in [0, 0.1) is 5.92 Å². The van der Waals surface area contributed by atoms with Gasteiger partial charge in [-0.3, -0.25) is 4.79 Å². The number of nitrogens with zero attached hydrogens (tertiary/aromatic N) is 1. The molecule has 1 amide bonds. The number of benzene rings is 2. The van der Waals surface area contributed by atoms with Gasteiger partial charge in [0, 0.05) is 18.7 Å². The molecular weight excluding hydrogens is 372 g/mol. The van der Waals surface area contributed by atoms with E-state index in [1.54, 1.807) is 19.2 Å². The average Bonchev–Trinajstić information content (AvgIpc) is 2.67. The lowest BCUT2D eigenvalue weighted by atomic mass is 9.96. The zero-order valence-electron chi connectivity index (χ0n) is 17.2. The van der Waals surface area contributed by atoms with Gasteiger partial charge < -0.3 is 5.32 Å². The van der Waals surface area contributed by atoms with Crippen LogP contribution in [-0.2, 0) is 10.0 Å². The Bertz CT molecular complexity index is 876. The van der Waals surface area contributed by atoms with Crippen molar-refractivity contribution >= 4 is 15.9 Å². The van der Waals surface area contributed by atoms with Crippen LogP contribution in [0.15, 0.2) is 59.5 Å². The van der Waals surface area contributed by atoms with Gasteiger partial charge in [-0.05, 0) is 56.0 Å². The average molecular weight is 403 g/mol. The lowest BCUT2D eigenvalue weighted by Gasteiger charge is -2.22. The van der Waals surface area contributed by atoms with Gasteiger partial charge in [-0.25, -0.2) is 8.42 Å². The van der Waals surface area contributed by atoms with E-state index in [2.05, 4.69) is 19.2 Å². The van der Waals surface area contributed by atoms with Crippen molar-refractivity contribution in [2.75, 3.05) is 7.05 Å². The second kappa shape index (κ2) is 9.34. The van der Waals surface area contributed by atoms with Gasteiger partial charge in [0.15, 0.2) is 0 Å². The molecule has 152 valence electrons. The standard InChI is InChI=1S/C22H30N2O3S/c1-16(2)15-21(18-9-7-6-8-10-18)23-22(25)19-11-13-20(14-12-19)28(26,27)24(5)17(3)4/h6-14,16-17,21H,15H2,1-5H3,(H,23,25). The van der Waals surface area contributed by atoms with Crippen molar-refractivity contribution in [3.63, 3.8) is 0 Å². The Morgan fingerprint density at radius 1 is 0.964 bits per heavy atom. The molecule has 5 nitrogen and oxygen atoms in total. The zero-order chi connectivity index (χ0) is 20.9. The fourth-order valence-electron chi connectivity index (χ4n) is 2.90. The molecule has 0 aliphatic rings. The summed E-state index contributed by atoms with van der Waals surface area (Å²) in [6.45, 7) is 7.87. The molecule has 0 saturated carbocycles. The van der Waals surface area contributed by atoms with Crippen LogP contribution in [0.25, 0.3) is 0 Å². The highest BCUT2D eigenvalue weighted by Gasteiger charge is 2.23. The first kappa shape index (κ1) is 22.1. The van der Waals surface area contributed by atoms with E-state index in [-0.39, 0.29) is 22.9 Å². The normalized spacial score (nSPS) is 13.1. The maximum atomic E-state index is 12.7. The van der Waals surface area contributed by atoms with Gasteiger partial charge in [0.2, 0.25) is 10.0 Å². The van der Waals surface area contributed by atoms with E-state index in [0.29, 0.717) is 11.5 Å². The van der Waals surface area contributed by atoms with E-state index >= 15 is 0 Å². The minimum atomic E-state index is -3.56. The number of amides is 1.